The van der Waals surface area contributed by atoms with Gasteiger partial charge in [-0.05, 0) is 61.5 Å². The fraction of sp³-hybridized carbons (Fsp3) is 0.733. The number of nitrogens with zero attached hydrogens (tertiary/aromatic N) is 3. The molecule has 7 heteroatoms. The third-order valence-corrected chi connectivity index (χ3v) is 5.59. The Hall–Kier alpha value is -1.92. The van der Waals surface area contributed by atoms with E-state index in [1.54, 1.807) is 0 Å². The number of hydrogen-bond acceptors (Lipinski definition) is 7. The van der Waals surface area contributed by atoms with Crippen LogP contribution in [0.1, 0.15) is 38.5 Å². The largest absolute Gasteiger partial charge is 0.467 e. The van der Waals surface area contributed by atoms with E-state index in [-0.39, 0.29) is 23.1 Å². The molecule has 0 aromatic carbocycles. The van der Waals surface area contributed by atoms with E-state index in [4.69, 9.17) is 10.5 Å². The minimum absolute atomic E-state index is 0.0278. The van der Waals surface area contributed by atoms with Gasteiger partial charge in [-0.25, -0.2) is 0 Å². The molecule has 0 amide bonds. The zero-order chi connectivity index (χ0) is 15.3. The van der Waals surface area contributed by atoms with Crippen LogP contribution in [0.25, 0.3) is 0 Å². The van der Waals surface area contributed by atoms with Gasteiger partial charge in [0.1, 0.15) is 0 Å². The lowest BCUT2D eigenvalue weighted by atomic mass is 9.53. The van der Waals surface area contributed by atoms with Crippen molar-refractivity contribution < 1.29 is 4.74 Å². The summed E-state index contributed by atoms with van der Waals surface area (Å²) in [5.74, 6) is 2.88. The predicted octanol–water partition coefficient (Wildman–Crippen LogP) is 2.85. The SMILES string of the molecule is COc1nc(N)c(N=O)c(NC23CC4CC(CC(C4)C2)C3)n1. The summed E-state index contributed by atoms with van der Waals surface area (Å²) in [7, 11) is 1.48. The normalized spacial score (nSPS) is 35.4. The number of rotatable bonds is 4. The van der Waals surface area contributed by atoms with Crippen LogP contribution in [0.15, 0.2) is 5.18 Å². The molecule has 4 aliphatic carbocycles. The molecule has 4 saturated carbocycles. The van der Waals surface area contributed by atoms with E-state index in [1.807, 2.05) is 0 Å². The predicted molar refractivity (Wildman–Crippen MR) is 83.0 cm³/mol. The Labute approximate surface area is 129 Å². The minimum Gasteiger partial charge on any atom is -0.467 e. The second-order valence-corrected chi connectivity index (χ2v) is 7.21. The molecule has 118 valence electrons. The van der Waals surface area contributed by atoms with E-state index < -0.39 is 0 Å². The summed E-state index contributed by atoms with van der Waals surface area (Å²) in [6, 6.07) is 0.164. The van der Waals surface area contributed by atoms with Gasteiger partial charge in [-0.3, -0.25) is 0 Å². The molecule has 0 aliphatic heterocycles. The fourth-order valence-electron chi connectivity index (χ4n) is 5.23. The number of nitrogen functional groups attached to an aromatic ring is 1. The lowest BCUT2D eigenvalue weighted by Gasteiger charge is -2.57. The van der Waals surface area contributed by atoms with Crippen molar-refractivity contribution in [1.82, 2.24) is 9.97 Å². The highest BCUT2D eigenvalue weighted by molar-refractivity contribution is 5.73. The van der Waals surface area contributed by atoms with Crippen LogP contribution in [-0.4, -0.2) is 22.6 Å². The first-order chi connectivity index (χ1) is 10.6. The first-order valence-corrected chi connectivity index (χ1v) is 7.94. The van der Waals surface area contributed by atoms with Crippen molar-refractivity contribution in [1.29, 1.82) is 0 Å². The van der Waals surface area contributed by atoms with Gasteiger partial charge in [0.05, 0.1) is 7.11 Å². The van der Waals surface area contributed by atoms with E-state index in [0.717, 1.165) is 37.0 Å². The van der Waals surface area contributed by atoms with Crippen molar-refractivity contribution >= 4 is 17.3 Å². The van der Waals surface area contributed by atoms with Crippen LogP contribution in [0, 0.1) is 22.7 Å². The van der Waals surface area contributed by atoms with Crippen molar-refractivity contribution in [3.8, 4) is 6.01 Å². The maximum absolute atomic E-state index is 11.1. The monoisotopic (exact) mass is 303 g/mol. The summed E-state index contributed by atoms with van der Waals surface area (Å²) >= 11 is 0. The molecular formula is C15H21N5O2. The summed E-state index contributed by atoms with van der Waals surface area (Å²) in [6.45, 7) is 0. The molecule has 1 heterocycles. The molecule has 7 nitrogen and oxygen atoms in total. The van der Waals surface area contributed by atoms with Gasteiger partial charge in [0.25, 0.3) is 0 Å². The molecular weight excluding hydrogens is 282 g/mol. The van der Waals surface area contributed by atoms with Crippen LogP contribution in [0.3, 0.4) is 0 Å². The van der Waals surface area contributed by atoms with Crippen molar-refractivity contribution in [2.75, 3.05) is 18.2 Å². The van der Waals surface area contributed by atoms with Crippen LogP contribution in [0.4, 0.5) is 17.3 Å². The van der Waals surface area contributed by atoms with E-state index in [9.17, 15) is 4.91 Å². The van der Waals surface area contributed by atoms with Gasteiger partial charge >= 0.3 is 6.01 Å². The molecule has 1 aromatic heterocycles. The summed E-state index contributed by atoms with van der Waals surface area (Å²) in [5.41, 5.74) is 5.93. The summed E-state index contributed by atoms with van der Waals surface area (Å²) in [6.07, 6.45) is 7.50. The zero-order valence-corrected chi connectivity index (χ0v) is 12.7. The number of hydrogen-bond donors (Lipinski definition) is 2. The number of nitrogens with one attached hydrogen (secondary N) is 1. The Balaban J connectivity index is 1.68. The van der Waals surface area contributed by atoms with E-state index in [0.29, 0.717) is 5.82 Å². The number of ether oxygens (including phenoxy) is 1. The molecule has 22 heavy (non-hydrogen) atoms. The third-order valence-electron chi connectivity index (χ3n) is 5.59. The molecule has 0 spiro atoms. The highest BCUT2D eigenvalue weighted by atomic mass is 16.5. The molecule has 4 bridgehead atoms. The maximum atomic E-state index is 11.1. The van der Waals surface area contributed by atoms with Crippen LogP contribution in [-0.2, 0) is 0 Å². The Kier molecular flexibility index (Phi) is 2.99. The van der Waals surface area contributed by atoms with Gasteiger partial charge in [0.2, 0.25) is 0 Å². The van der Waals surface area contributed by atoms with Crippen LogP contribution in [0.5, 0.6) is 6.01 Å². The zero-order valence-electron chi connectivity index (χ0n) is 12.7. The smallest absolute Gasteiger partial charge is 0.320 e. The van der Waals surface area contributed by atoms with Crippen molar-refractivity contribution in [2.24, 2.45) is 22.9 Å². The Bertz CT molecular complexity index is 583. The average molecular weight is 303 g/mol. The first-order valence-electron chi connectivity index (χ1n) is 7.94. The number of nitroso groups, excluding NO2 is 1. The lowest BCUT2D eigenvalue weighted by molar-refractivity contribution is 0.0105. The Morgan fingerprint density at radius 1 is 1.18 bits per heavy atom. The second-order valence-electron chi connectivity index (χ2n) is 7.21. The third kappa shape index (κ3) is 2.10. The molecule has 4 fully saturated rings. The highest BCUT2D eigenvalue weighted by Crippen LogP contribution is 2.57. The lowest BCUT2D eigenvalue weighted by Crippen LogP contribution is -2.54. The number of methoxy groups -OCH3 is 1. The molecule has 0 unspecified atom stereocenters. The molecule has 1 aromatic rings. The highest BCUT2D eigenvalue weighted by Gasteiger charge is 2.51. The van der Waals surface area contributed by atoms with Crippen molar-refractivity contribution in [3.05, 3.63) is 4.91 Å². The van der Waals surface area contributed by atoms with Crippen LogP contribution in [0.2, 0.25) is 0 Å². The van der Waals surface area contributed by atoms with Gasteiger partial charge in [-0.2, -0.15) is 9.97 Å². The van der Waals surface area contributed by atoms with Crippen molar-refractivity contribution in [3.63, 3.8) is 0 Å². The van der Waals surface area contributed by atoms with Gasteiger partial charge in [0, 0.05) is 5.54 Å². The Morgan fingerprint density at radius 2 is 1.77 bits per heavy atom. The van der Waals surface area contributed by atoms with Crippen LogP contribution < -0.4 is 15.8 Å². The maximum Gasteiger partial charge on any atom is 0.320 e. The van der Waals surface area contributed by atoms with E-state index in [2.05, 4.69) is 20.5 Å². The molecule has 0 radical (unpaired) electrons. The van der Waals surface area contributed by atoms with Gasteiger partial charge in [-0.15, -0.1) is 4.91 Å². The topological polar surface area (TPSA) is 102 Å². The van der Waals surface area contributed by atoms with Gasteiger partial charge in [-0.1, -0.05) is 0 Å². The van der Waals surface area contributed by atoms with Crippen LogP contribution >= 0.6 is 0 Å². The first kappa shape index (κ1) is 13.7. The standard InChI is InChI=1S/C15H21N5O2/c1-22-14-17-12(16)11(20-21)13(18-14)19-15-5-8-2-9(6-15)4-10(3-8)7-15/h8-10H,2-7H2,1H3,(H3,16,17,18,19). The quantitative estimate of drug-likeness (QED) is 0.829. The van der Waals surface area contributed by atoms with E-state index in [1.165, 1.54) is 26.4 Å². The summed E-state index contributed by atoms with van der Waals surface area (Å²) in [4.78, 5) is 19.4. The number of nitrogens with two attached hydrogens (primary N) is 1. The van der Waals surface area contributed by atoms with Crippen molar-refractivity contribution in [2.45, 2.75) is 44.1 Å². The second kappa shape index (κ2) is 4.79. The fourth-order valence-corrected chi connectivity index (χ4v) is 5.23. The molecule has 0 atom stereocenters. The summed E-state index contributed by atoms with van der Waals surface area (Å²) < 4.78 is 5.07. The molecule has 3 N–H and O–H groups in total. The van der Waals surface area contributed by atoms with E-state index >= 15 is 0 Å². The molecule has 5 rings (SSSR count). The van der Waals surface area contributed by atoms with Gasteiger partial charge in [0.15, 0.2) is 17.3 Å². The Morgan fingerprint density at radius 3 is 2.27 bits per heavy atom. The summed E-state index contributed by atoms with van der Waals surface area (Å²) in [5, 5.41) is 6.54. The molecule has 4 aliphatic rings. The molecule has 0 saturated heterocycles. The average Bonchev–Trinajstić information content (AvgIpc) is 2.45. The number of anilines is 2. The van der Waals surface area contributed by atoms with Gasteiger partial charge < -0.3 is 15.8 Å². The number of aromatic nitrogens is 2. The minimum atomic E-state index is 0.0278.